The quantitative estimate of drug-likeness (QED) is 0.169. The number of aromatic nitrogens is 2. The number of rotatable bonds is 5. The van der Waals surface area contributed by atoms with E-state index in [0.717, 1.165) is 33.7 Å². The molecular formula is C49H38N2. The van der Waals surface area contributed by atoms with E-state index in [1.165, 1.54) is 54.9 Å². The summed E-state index contributed by atoms with van der Waals surface area (Å²) in [5, 5.41) is 5.05. The molecule has 0 aliphatic rings. The largest absolute Gasteiger partial charge is 0.292 e. The predicted molar refractivity (Wildman–Crippen MR) is 217 cm³/mol. The molecule has 0 saturated carbocycles. The molecule has 0 aliphatic heterocycles. The molecule has 0 fully saturated rings. The molecule has 0 amide bonds. The van der Waals surface area contributed by atoms with Gasteiger partial charge in [0, 0.05) is 11.3 Å². The molecule has 0 spiro atoms. The highest BCUT2D eigenvalue weighted by Crippen LogP contribution is 2.46. The highest BCUT2D eigenvalue weighted by atomic mass is 15.1. The second-order valence-electron chi connectivity index (χ2n) is 14.4. The summed E-state index contributed by atoms with van der Waals surface area (Å²) < 4.78 is 2.27. The van der Waals surface area contributed by atoms with E-state index in [-0.39, 0.29) is 5.41 Å². The fraction of sp³-hybridized carbons (Fsp3) is 0.0816. The molecule has 0 aliphatic carbocycles. The summed E-state index contributed by atoms with van der Waals surface area (Å²) in [6, 6.07) is 63.6. The van der Waals surface area contributed by atoms with E-state index < -0.39 is 0 Å². The van der Waals surface area contributed by atoms with Crippen LogP contribution < -0.4 is 0 Å². The van der Waals surface area contributed by atoms with Crippen molar-refractivity contribution in [2.75, 3.05) is 0 Å². The van der Waals surface area contributed by atoms with Gasteiger partial charge in [0.2, 0.25) is 0 Å². The van der Waals surface area contributed by atoms with Gasteiger partial charge in [-0.15, -0.1) is 0 Å². The van der Waals surface area contributed by atoms with E-state index in [1.54, 1.807) is 0 Å². The summed E-state index contributed by atoms with van der Waals surface area (Å²) in [6.45, 7) is 6.89. The first-order valence-electron chi connectivity index (χ1n) is 17.7. The summed E-state index contributed by atoms with van der Waals surface area (Å²) in [5.41, 5.74) is 12.9. The monoisotopic (exact) mass is 654 g/mol. The molecule has 9 rings (SSSR count). The predicted octanol–water partition coefficient (Wildman–Crippen LogP) is 13.3. The normalized spacial score (nSPS) is 11.8. The van der Waals surface area contributed by atoms with Gasteiger partial charge in [-0.1, -0.05) is 160 Å². The molecule has 0 atom stereocenters. The molecule has 8 aromatic carbocycles. The zero-order valence-corrected chi connectivity index (χ0v) is 29.1. The number of fused-ring (bicyclic) bond motifs is 3. The molecule has 0 radical (unpaired) electrons. The van der Waals surface area contributed by atoms with Crippen LogP contribution in [-0.2, 0) is 5.41 Å². The molecule has 1 heterocycles. The molecule has 0 unspecified atom stereocenters. The van der Waals surface area contributed by atoms with Gasteiger partial charge in [-0.05, 0) is 102 Å². The van der Waals surface area contributed by atoms with E-state index in [4.69, 9.17) is 4.98 Å². The highest BCUT2D eigenvalue weighted by molar-refractivity contribution is 6.22. The lowest BCUT2D eigenvalue weighted by atomic mass is 9.81. The third-order valence-electron chi connectivity index (χ3n) is 10.1. The van der Waals surface area contributed by atoms with Crippen LogP contribution in [0, 0.1) is 0 Å². The Morgan fingerprint density at radius 2 is 0.902 bits per heavy atom. The third kappa shape index (κ3) is 5.41. The smallest absolute Gasteiger partial charge is 0.145 e. The van der Waals surface area contributed by atoms with Crippen LogP contribution in [0.25, 0.3) is 83.0 Å². The Morgan fingerprint density at radius 1 is 0.412 bits per heavy atom. The Balaban J connectivity index is 1.32. The van der Waals surface area contributed by atoms with Crippen LogP contribution in [0.5, 0.6) is 0 Å². The van der Waals surface area contributed by atoms with E-state index >= 15 is 0 Å². The minimum atomic E-state index is 0.0282. The fourth-order valence-electron chi connectivity index (χ4n) is 7.59. The van der Waals surface area contributed by atoms with E-state index in [0.29, 0.717) is 0 Å². The van der Waals surface area contributed by atoms with Crippen molar-refractivity contribution in [2.45, 2.75) is 26.2 Å². The lowest BCUT2D eigenvalue weighted by Crippen LogP contribution is -2.10. The van der Waals surface area contributed by atoms with Crippen molar-refractivity contribution in [1.82, 2.24) is 9.55 Å². The minimum Gasteiger partial charge on any atom is -0.292 e. The maximum atomic E-state index is 5.26. The zero-order chi connectivity index (χ0) is 34.5. The summed E-state index contributed by atoms with van der Waals surface area (Å²) in [5.74, 6) is 0.937. The summed E-state index contributed by atoms with van der Waals surface area (Å²) in [6.07, 6.45) is 0. The van der Waals surface area contributed by atoms with Crippen molar-refractivity contribution in [2.24, 2.45) is 0 Å². The standard InChI is InChI=1S/C49H38N2/c1-49(2,3)38-26-28-41-43(32-38)47(34-18-10-5-11-19-34)40-27-24-36(30-42(40)46(41)33-16-8-4-9-17-33)37-25-29-45-44(31-37)50-48(35-20-12-6-13-21-35)51(45)39-22-14-7-15-23-39/h4-32H,1-3H3. The number of nitrogens with zero attached hydrogens (tertiary/aromatic N) is 2. The van der Waals surface area contributed by atoms with Gasteiger partial charge in [0.1, 0.15) is 5.82 Å². The Kier molecular flexibility index (Phi) is 7.40. The molecule has 1 aromatic heterocycles. The Bertz CT molecular complexity index is 2680. The van der Waals surface area contributed by atoms with Gasteiger partial charge in [-0.3, -0.25) is 4.57 Å². The van der Waals surface area contributed by atoms with Crippen LogP contribution in [-0.4, -0.2) is 9.55 Å². The molecule has 51 heavy (non-hydrogen) atoms. The fourth-order valence-corrected chi connectivity index (χ4v) is 7.59. The van der Waals surface area contributed by atoms with Crippen molar-refractivity contribution in [1.29, 1.82) is 0 Å². The second kappa shape index (κ2) is 12.3. The molecule has 2 heteroatoms. The first-order valence-corrected chi connectivity index (χ1v) is 17.7. The van der Waals surface area contributed by atoms with Crippen molar-refractivity contribution >= 4 is 32.6 Å². The average Bonchev–Trinajstić information content (AvgIpc) is 3.56. The maximum Gasteiger partial charge on any atom is 0.145 e. The van der Waals surface area contributed by atoms with Crippen LogP contribution in [0.3, 0.4) is 0 Å². The Labute approximate surface area is 299 Å². The topological polar surface area (TPSA) is 17.8 Å². The van der Waals surface area contributed by atoms with Crippen molar-refractivity contribution in [3.05, 3.63) is 181 Å². The van der Waals surface area contributed by atoms with Crippen molar-refractivity contribution in [3.63, 3.8) is 0 Å². The van der Waals surface area contributed by atoms with E-state index in [1.807, 2.05) is 0 Å². The number of hydrogen-bond donors (Lipinski definition) is 0. The first kappa shape index (κ1) is 30.8. The van der Waals surface area contributed by atoms with Crippen molar-refractivity contribution < 1.29 is 0 Å². The SMILES string of the molecule is CC(C)(C)c1ccc2c(-c3ccccc3)c3cc(-c4ccc5c(c4)nc(-c4ccccc4)n5-c4ccccc4)ccc3c(-c3ccccc3)c2c1. The van der Waals surface area contributed by atoms with Gasteiger partial charge in [-0.2, -0.15) is 0 Å². The minimum absolute atomic E-state index is 0.0282. The van der Waals surface area contributed by atoms with E-state index in [9.17, 15) is 0 Å². The van der Waals surface area contributed by atoms with Gasteiger partial charge >= 0.3 is 0 Å². The van der Waals surface area contributed by atoms with Gasteiger partial charge in [0.25, 0.3) is 0 Å². The summed E-state index contributed by atoms with van der Waals surface area (Å²) >= 11 is 0. The number of hydrogen-bond acceptors (Lipinski definition) is 1. The van der Waals surface area contributed by atoms with Gasteiger partial charge < -0.3 is 0 Å². The molecule has 2 nitrogen and oxygen atoms in total. The lowest BCUT2D eigenvalue weighted by molar-refractivity contribution is 0.591. The average molecular weight is 655 g/mol. The van der Waals surface area contributed by atoms with Gasteiger partial charge in [0.15, 0.2) is 0 Å². The lowest BCUT2D eigenvalue weighted by Gasteiger charge is -2.23. The van der Waals surface area contributed by atoms with Gasteiger partial charge in [0.05, 0.1) is 11.0 Å². The molecule has 9 aromatic rings. The summed E-state index contributed by atoms with van der Waals surface area (Å²) in [7, 11) is 0. The first-order chi connectivity index (χ1) is 24.9. The number of benzene rings is 8. The third-order valence-corrected chi connectivity index (χ3v) is 10.1. The van der Waals surface area contributed by atoms with E-state index in [2.05, 4.69) is 201 Å². The van der Waals surface area contributed by atoms with Crippen LogP contribution in [0.1, 0.15) is 26.3 Å². The maximum absolute atomic E-state index is 5.26. The zero-order valence-electron chi connectivity index (χ0n) is 29.1. The molecule has 0 saturated heterocycles. The molecule has 0 bridgehead atoms. The van der Waals surface area contributed by atoms with Crippen LogP contribution >= 0.6 is 0 Å². The molecular weight excluding hydrogens is 617 g/mol. The van der Waals surface area contributed by atoms with Gasteiger partial charge in [-0.25, -0.2) is 4.98 Å². The Morgan fingerprint density at radius 3 is 1.49 bits per heavy atom. The van der Waals surface area contributed by atoms with Crippen LogP contribution in [0.15, 0.2) is 176 Å². The number of para-hydroxylation sites is 1. The van der Waals surface area contributed by atoms with Crippen molar-refractivity contribution in [3.8, 4) is 50.5 Å². The highest BCUT2D eigenvalue weighted by Gasteiger charge is 2.21. The van der Waals surface area contributed by atoms with Crippen LogP contribution in [0.4, 0.5) is 0 Å². The molecule has 0 N–H and O–H groups in total. The van der Waals surface area contributed by atoms with Crippen LogP contribution in [0.2, 0.25) is 0 Å². The number of imidazole rings is 1. The molecule has 244 valence electrons. The summed E-state index contributed by atoms with van der Waals surface area (Å²) in [4.78, 5) is 5.26. The Hall–Kier alpha value is -6.25. The second-order valence-corrected chi connectivity index (χ2v) is 14.4.